The number of hydrogen-bond donors (Lipinski definition) is 1. The van der Waals surface area contributed by atoms with Gasteiger partial charge in [0.15, 0.2) is 0 Å². The highest BCUT2D eigenvalue weighted by atomic mass is 32.1. The predicted molar refractivity (Wildman–Crippen MR) is 99.5 cm³/mol. The molecule has 2 aliphatic rings. The summed E-state index contributed by atoms with van der Waals surface area (Å²) in [4.78, 5) is 18.3. The second-order valence-electron chi connectivity index (χ2n) is 6.94. The zero-order valence-electron chi connectivity index (χ0n) is 14.9. The van der Waals surface area contributed by atoms with E-state index in [9.17, 15) is 13.2 Å². The Morgan fingerprint density at radius 3 is 2.64 bits per heavy atom. The fourth-order valence-corrected chi connectivity index (χ4v) is 4.94. The summed E-state index contributed by atoms with van der Waals surface area (Å²) >= 11 is 3.42. The highest BCUT2D eigenvalue weighted by molar-refractivity contribution is 7.13. The van der Waals surface area contributed by atoms with Crippen molar-refractivity contribution in [3.8, 4) is 0 Å². The van der Waals surface area contributed by atoms with Crippen molar-refractivity contribution < 1.29 is 23.1 Å². The van der Waals surface area contributed by atoms with Gasteiger partial charge in [0.1, 0.15) is 10.5 Å². The number of carboxylic acids is 1. The van der Waals surface area contributed by atoms with Crippen LogP contribution in [0.3, 0.4) is 0 Å². The van der Waals surface area contributed by atoms with E-state index in [1.165, 1.54) is 37.4 Å². The first-order valence-corrected chi connectivity index (χ1v) is 10.5. The van der Waals surface area contributed by atoms with Crippen LogP contribution in [0.25, 0.3) is 0 Å². The van der Waals surface area contributed by atoms with Crippen LogP contribution in [0.2, 0.25) is 0 Å². The van der Waals surface area contributed by atoms with Crippen LogP contribution in [0.5, 0.6) is 0 Å². The van der Waals surface area contributed by atoms with Crippen LogP contribution in [0.1, 0.15) is 24.3 Å². The molecule has 0 aliphatic carbocycles. The third-order valence-electron chi connectivity index (χ3n) is 4.88. The summed E-state index contributed by atoms with van der Waals surface area (Å²) in [6, 6.07) is 0. The molecule has 0 bridgehead atoms. The van der Waals surface area contributed by atoms with Gasteiger partial charge in [-0.05, 0) is 25.8 Å². The van der Waals surface area contributed by atoms with Gasteiger partial charge in [-0.3, -0.25) is 4.90 Å². The number of carbonyl (C=O) groups is 1. The molecule has 2 aromatic heterocycles. The Balaban J connectivity index is 0.000000279. The number of carboxylic acid groups (broad SMARTS) is 1. The summed E-state index contributed by atoms with van der Waals surface area (Å²) in [6.45, 7) is 5.67. The summed E-state index contributed by atoms with van der Waals surface area (Å²) in [6.07, 6.45) is 0.735. The lowest BCUT2D eigenvalue weighted by molar-refractivity contribution is -0.192. The van der Waals surface area contributed by atoms with E-state index in [2.05, 4.69) is 30.4 Å². The average Bonchev–Trinajstić information content (AvgIpc) is 3.38. The molecule has 28 heavy (non-hydrogen) atoms. The van der Waals surface area contributed by atoms with Crippen molar-refractivity contribution in [2.45, 2.75) is 32.0 Å². The average molecular weight is 435 g/mol. The van der Waals surface area contributed by atoms with E-state index in [0.717, 1.165) is 24.8 Å². The Morgan fingerprint density at radius 1 is 1.25 bits per heavy atom. The van der Waals surface area contributed by atoms with Crippen LogP contribution in [-0.4, -0.2) is 63.5 Å². The maximum absolute atomic E-state index is 10.6. The summed E-state index contributed by atoms with van der Waals surface area (Å²) in [5.41, 5.74) is 2.28. The fourth-order valence-electron chi connectivity index (χ4n) is 3.69. The van der Waals surface area contributed by atoms with Crippen LogP contribution in [0.4, 0.5) is 18.3 Å². The van der Waals surface area contributed by atoms with Crippen LogP contribution in [-0.2, 0) is 11.3 Å². The van der Waals surface area contributed by atoms with Gasteiger partial charge in [0.25, 0.3) is 0 Å². The third kappa shape index (κ3) is 5.39. The molecule has 2 fully saturated rings. The summed E-state index contributed by atoms with van der Waals surface area (Å²) in [5, 5.41) is 19.8. The van der Waals surface area contributed by atoms with Crippen LogP contribution in [0.15, 0.2) is 17.1 Å². The second kappa shape index (κ2) is 8.70. The van der Waals surface area contributed by atoms with Crippen molar-refractivity contribution in [2.24, 2.45) is 5.41 Å². The summed E-state index contributed by atoms with van der Waals surface area (Å²) in [5.74, 6) is -2.76. The monoisotopic (exact) mass is 435 g/mol. The van der Waals surface area contributed by atoms with Crippen molar-refractivity contribution >= 4 is 33.8 Å². The molecule has 2 aromatic rings. The van der Waals surface area contributed by atoms with Gasteiger partial charge in [0.2, 0.25) is 5.13 Å². The number of piperidine rings is 1. The molecule has 2 saturated heterocycles. The van der Waals surface area contributed by atoms with Crippen LogP contribution < -0.4 is 4.90 Å². The van der Waals surface area contributed by atoms with E-state index in [1.807, 2.05) is 11.7 Å². The van der Waals surface area contributed by atoms with E-state index >= 15 is 0 Å². The smallest absolute Gasteiger partial charge is 0.475 e. The van der Waals surface area contributed by atoms with Crippen molar-refractivity contribution in [3.05, 3.63) is 22.1 Å². The molecule has 4 rings (SSSR count). The molecule has 0 radical (unpaired) electrons. The minimum atomic E-state index is -5.08. The lowest BCUT2D eigenvalue weighted by atomic mass is 9.79. The highest BCUT2D eigenvalue weighted by Gasteiger charge is 2.42. The summed E-state index contributed by atoms with van der Waals surface area (Å²) < 4.78 is 31.7. The molecule has 12 heteroatoms. The first kappa shape index (κ1) is 20.9. The van der Waals surface area contributed by atoms with Gasteiger partial charge in [-0.25, -0.2) is 9.78 Å². The SMILES string of the molecule is O=C(O)C(F)(F)F.c1csc(CN2CCC3(CCCN(c4nncs4)C3)C2)n1. The van der Waals surface area contributed by atoms with Gasteiger partial charge < -0.3 is 10.0 Å². The maximum Gasteiger partial charge on any atom is 0.490 e. The Hall–Kier alpha value is -1.79. The van der Waals surface area contributed by atoms with E-state index < -0.39 is 12.1 Å². The molecule has 7 nitrogen and oxygen atoms in total. The lowest BCUT2D eigenvalue weighted by Gasteiger charge is -2.40. The molecular formula is C16H20F3N5O2S2. The van der Waals surface area contributed by atoms with E-state index in [4.69, 9.17) is 9.90 Å². The minimum absolute atomic E-state index is 0.446. The van der Waals surface area contributed by atoms with Crippen molar-refractivity contribution in [1.29, 1.82) is 0 Å². The third-order valence-corrected chi connectivity index (χ3v) is 6.40. The number of anilines is 1. The number of nitrogens with zero attached hydrogens (tertiary/aromatic N) is 5. The van der Waals surface area contributed by atoms with Crippen LogP contribution >= 0.6 is 22.7 Å². The first-order chi connectivity index (χ1) is 13.3. The van der Waals surface area contributed by atoms with Crippen molar-refractivity contribution in [2.75, 3.05) is 31.1 Å². The minimum Gasteiger partial charge on any atom is -0.475 e. The first-order valence-electron chi connectivity index (χ1n) is 8.69. The molecule has 0 aromatic carbocycles. The molecule has 1 N–H and O–H groups in total. The molecule has 1 unspecified atom stereocenters. The Bertz CT molecular complexity index is 757. The topological polar surface area (TPSA) is 82.5 Å². The molecule has 0 saturated carbocycles. The van der Waals surface area contributed by atoms with E-state index in [0.29, 0.717) is 5.41 Å². The molecule has 0 amide bonds. The Labute approximate surface area is 167 Å². The zero-order valence-corrected chi connectivity index (χ0v) is 16.6. The van der Waals surface area contributed by atoms with Crippen molar-refractivity contribution in [3.63, 3.8) is 0 Å². The van der Waals surface area contributed by atoms with Gasteiger partial charge >= 0.3 is 12.1 Å². The van der Waals surface area contributed by atoms with E-state index in [1.54, 1.807) is 22.7 Å². The Kier molecular flexibility index (Phi) is 6.50. The van der Waals surface area contributed by atoms with Gasteiger partial charge in [-0.1, -0.05) is 11.3 Å². The van der Waals surface area contributed by atoms with Gasteiger partial charge in [0, 0.05) is 36.6 Å². The van der Waals surface area contributed by atoms with Gasteiger partial charge in [-0.15, -0.1) is 21.5 Å². The molecule has 4 heterocycles. The number of halogens is 3. The lowest BCUT2D eigenvalue weighted by Crippen LogP contribution is -2.44. The van der Waals surface area contributed by atoms with Crippen molar-refractivity contribution in [1.82, 2.24) is 20.1 Å². The zero-order chi connectivity index (χ0) is 20.2. The standard InChI is InChI=1S/C14H19N5S2.C2HF3O2/c1-2-14(10-19(5-1)13-17-16-11-21-13)3-6-18(9-14)8-12-15-4-7-20-12;3-2(4,5)1(6)7/h4,7,11H,1-3,5-6,8-10H2;(H,6,7). The number of aliphatic carboxylic acids is 1. The number of aromatic nitrogens is 3. The number of alkyl halides is 3. The summed E-state index contributed by atoms with van der Waals surface area (Å²) in [7, 11) is 0. The number of hydrogen-bond acceptors (Lipinski definition) is 8. The molecular weight excluding hydrogens is 415 g/mol. The number of likely N-dealkylation sites (tertiary alicyclic amines) is 1. The fraction of sp³-hybridized carbons (Fsp3) is 0.625. The van der Waals surface area contributed by atoms with E-state index in [-0.39, 0.29) is 0 Å². The predicted octanol–water partition coefficient (Wildman–Crippen LogP) is 3.12. The largest absolute Gasteiger partial charge is 0.490 e. The number of rotatable bonds is 3. The molecule has 1 spiro atoms. The van der Waals surface area contributed by atoms with Crippen LogP contribution in [0, 0.1) is 5.41 Å². The number of thiazole rings is 1. The van der Waals surface area contributed by atoms with Gasteiger partial charge in [-0.2, -0.15) is 13.2 Å². The van der Waals surface area contributed by atoms with Gasteiger partial charge in [0.05, 0.1) is 6.54 Å². The quantitative estimate of drug-likeness (QED) is 0.793. The molecule has 1 atom stereocenters. The highest BCUT2D eigenvalue weighted by Crippen LogP contribution is 2.40. The Morgan fingerprint density at radius 2 is 2.04 bits per heavy atom. The maximum atomic E-state index is 10.6. The normalized spacial score (nSPS) is 22.9. The molecule has 2 aliphatic heterocycles. The second-order valence-corrected chi connectivity index (χ2v) is 8.73. The molecule has 154 valence electrons.